The van der Waals surface area contributed by atoms with Crippen LogP contribution in [-0.4, -0.2) is 6.61 Å². The van der Waals surface area contributed by atoms with Crippen molar-refractivity contribution in [2.24, 2.45) is 0 Å². The molecule has 18 heavy (non-hydrogen) atoms. The van der Waals surface area contributed by atoms with Gasteiger partial charge in [-0.3, -0.25) is 0 Å². The van der Waals surface area contributed by atoms with Crippen molar-refractivity contribution in [3.63, 3.8) is 0 Å². The van der Waals surface area contributed by atoms with Gasteiger partial charge in [0, 0.05) is 10.5 Å². The molecule has 0 radical (unpaired) electrons. The Kier molecular flexibility index (Phi) is 6.37. The zero-order valence-corrected chi connectivity index (χ0v) is 12.1. The van der Waals surface area contributed by atoms with Crippen molar-refractivity contribution >= 4 is 18.2 Å². The second-order valence-electron chi connectivity index (χ2n) is 3.95. The zero-order chi connectivity index (χ0) is 13.4. The van der Waals surface area contributed by atoms with Crippen LogP contribution in [0.3, 0.4) is 0 Å². The lowest BCUT2D eigenvalue weighted by Crippen LogP contribution is -1.97. The first-order valence-corrected chi connectivity index (χ1v) is 6.49. The average Bonchev–Trinajstić information content (AvgIpc) is 2.43. The van der Waals surface area contributed by atoms with Gasteiger partial charge in [0.1, 0.15) is 6.61 Å². The molecular weight excluding hydrogens is 240 g/mol. The number of hydrogen-bond acceptors (Lipinski definition) is 2. The van der Waals surface area contributed by atoms with E-state index in [0.717, 1.165) is 21.6 Å². The fourth-order valence-electron chi connectivity index (χ4n) is 1.53. The van der Waals surface area contributed by atoms with Gasteiger partial charge < -0.3 is 4.74 Å². The summed E-state index contributed by atoms with van der Waals surface area (Å²) in [5, 5.41) is 0. The lowest BCUT2D eigenvalue weighted by atomic mass is 10.0. The number of ether oxygens (including phenoxy) is 1. The van der Waals surface area contributed by atoms with Crippen molar-refractivity contribution in [3.05, 3.63) is 64.8 Å². The van der Waals surface area contributed by atoms with E-state index >= 15 is 0 Å². The Morgan fingerprint density at radius 3 is 2.44 bits per heavy atom. The third-order valence-corrected chi connectivity index (χ3v) is 3.30. The van der Waals surface area contributed by atoms with Crippen LogP contribution in [-0.2, 0) is 4.74 Å². The number of allylic oxidation sites excluding steroid dienone is 3. The summed E-state index contributed by atoms with van der Waals surface area (Å²) in [6, 6.07) is 10.2. The Labute approximate surface area is 115 Å². The van der Waals surface area contributed by atoms with Crippen molar-refractivity contribution in [3.8, 4) is 0 Å². The molecule has 1 aromatic rings. The smallest absolute Gasteiger partial charge is 0.114 e. The minimum Gasteiger partial charge on any atom is -0.497 e. The van der Waals surface area contributed by atoms with Crippen LogP contribution in [0.2, 0.25) is 0 Å². The fourth-order valence-corrected chi connectivity index (χ4v) is 1.85. The zero-order valence-electron chi connectivity index (χ0n) is 11.2. The Hall–Kier alpha value is -1.41. The van der Waals surface area contributed by atoms with Crippen LogP contribution in [0, 0.1) is 0 Å². The van der Waals surface area contributed by atoms with Crippen LogP contribution in [0.4, 0.5) is 0 Å². The topological polar surface area (TPSA) is 9.23 Å². The first-order valence-electron chi connectivity index (χ1n) is 6.04. The largest absolute Gasteiger partial charge is 0.497 e. The summed E-state index contributed by atoms with van der Waals surface area (Å²) < 4.78 is 5.50. The van der Waals surface area contributed by atoms with Gasteiger partial charge in [-0.25, -0.2) is 0 Å². The highest BCUT2D eigenvalue weighted by Gasteiger charge is 2.08. The van der Waals surface area contributed by atoms with Gasteiger partial charge in [0.05, 0.1) is 6.26 Å². The molecule has 0 aliphatic rings. The molecule has 0 aromatic heterocycles. The predicted octanol–water partition coefficient (Wildman–Crippen LogP) is 4.84. The molecule has 0 aliphatic carbocycles. The van der Waals surface area contributed by atoms with Crippen LogP contribution >= 0.6 is 12.6 Å². The summed E-state index contributed by atoms with van der Waals surface area (Å²) in [6.45, 7) is 6.53. The first-order chi connectivity index (χ1) is 8.70. The molecule has 2 heteroatoms. The number of thiol groups is 1. The molecule has 0 atom stereocenters. The van der Waals surface area contributed by atoms with Gasteiger partial charge >= 0.3 is 0 Å². The van der Waals surface area contributed by atoms with Crippen LogP contribution in [0.25, 0.3) is 5.57 Å². The van der Waals surface area contributed by atoms with E-state index in [1.807, 2.05) is 38.1 Å². The van der Waals surface area contributed by atoms with Gasteiger partial charge in [0.15, 0.2) is 0 Å². The van der Waals surface area contributed by atoms with Crippen molar-refractivity contribution < 1.29 is 4.74 Å². The molecule has 0 spiro atoms. The minimum atomic E-state index is 0.526. The van der Waals surface area contributed by atoms with E-state index in [-0.39, 0.29) is 0 Å². The Bertz CT molecular complexity index is 455. The Morgan fingerprint density at radius 1 is 1.22 bits per heavy atom. The van der Waals surface area contributed by atoms with Gasteiger partial charge in [-0.1, -0.05) is 42.5 Å². The summed E-state index contributed by atoms with van der Waals surface area (Å²) in [5.41, 5.74) is 3.40. The highest BCUT2D eigenvalue weighted by molar-refractivity contribution is 7.85. The molecule has 0 amide bonds. The predicted molar refractivity (Wildman–Crippen MR) is 82.5 cm³/mol. The van der Waals surface area contributed by atoms with Gasteiger partial charge in [-0.15, -0.1) is 12.6 Å². The van der Waals surface area contributed by atoms with Crippen LogP contribution in [0.1, 0.15) is 26.3 Å². The standard InChI is InChI=1S/C16H20OS/c1-4-11-17-12-15(16(18)13(3)5-2)14-9-7-6-8-10-14/h4-11,18H,12H2,1-3H3/b11-4+,13-5-,16-15-. The van der Waals surface area contributed by atoms with E-state index in [1.165, 1.54) is 0 Å². The minimum absolute atomic E-state index is 0.526. The quantitative estimate of drug-likeness (QED) is 0.452. The van der Waals surface area contributed by atoms with Gasteiger partial charge in [-0.05, 0) is 31.9 Å². The SMILES string of the molecule is C/C=C(C)\C(S)=C(/CO/C=C/C)c1ccccc1. The molecule has 0 aliphatic heterocycles. The maximum Gasteiger partial charge on any atom is 0.114 e. The van der Waals surface area contributed by atoms with Crippen LogP contribution in [0.15, 0.2) is 59.2 Å². The molecule has 0 saturated carbocycles. The monoisotopic (exact) mass is 260 g/mol. The summed E-state index contributed by atoms with van der Waals surface area (Å²) in [6.07, 6.45) is 5.64. The molecule has 0 saturated heterocycles. The van der Waals surface area contributed by atoms with E-state index in [4.69, 9.17) is 4.74 Å². The Morgan fingerprint density at radius 2 is 1.89 bits per heavy atom. The maximum absolute atomic E-state index is 5.50. The summed E-state index contributed by atoms with van der Waals surface area (Å²) in [4.78, 5) is 0.980. The normalized spacial score (nSPS) is 13.7. The summed E-state index contributed by atoms with van der Waals surface area (Å²) in [5.74, 6) is 0. The van der Waals surface area contributed by atoms with E-state index in [9.17, 15) is 0 Å². The highest BCUT2D eigenvalue weighted by atomic mass is 32.1. The average molecular weight is 260 g/mol. The molecule has 0 fully saturated rings. The molecule has 96 valence electrons. The molecule has 0 N–H and O–H groups in total. The number of rotatable bonds is 5. The molecule has 0 bridgehead atoms. The Balaban J connectivity index is 3.10. The van der Waals surface area contributed by atoms with Crippen LogP contribution < -0.4 is 0 Å². The van der Waals surface area contributed by atoms with Crippen molar-refractivity contribution in [2.45, 2.75) is 20.8 Å². The van der Waals surface area contributed by atoms with Gasteiger partial charge in [0.25, 0.3) is 0 Å². The van der Waals surface area contributed by atoms with Crippen LogP contribution in [0.5, 0.6) is 0 Å². The lowest BCUT2D eigenvalue weighted by molar-refractivity contribution is 0.295. The fraction of sp³-hybridized carbons (Fsp3) is 0.250. The third kappa shape index (κ3) is 4.11. The van der Waals surface area contributed by atoms with Gasteiger partial charge in [-0.2, -0.15) is 0 Å². The number of hydrogen-bond donors (Lipinski definition) is 1. The molecule has 1 rings (SSSR count). The molecular formula is C16H20OS. The van der Waals surface area contributed by atoms with E-state index in [2.05, 4.69) is 37.8 Å². The van der Waals surface area contributed by atoms with E-state index in [1.54, 1.807) is 6.26 Å². The first kappa shape index (κ1) is 14.7. The summed E-state index contributed by atoms with van der Waals surface area (Å²) >= 11 is 4.62. The summed E-state index contributed by atoms with van der Waals surface area (Å²) in [7, 11) is 0. The van der Waals surface area contributed by atoms with Crippen molar-refractivity contribution in [1.29, 1.82) is 0 Å². The second-order valence-corrected chi connectivity index (χ2v) is 4.39. The second kappa shape index (κ2) is 7.83. The van der Waals surface area contributed by atoms with Crippen molar-refractivity contribution in [1.82, 2.24) is 0 Å². The highest BCUT2D eigenvalue weighted by Crippen LogP contribution is 2.26. The third-order valence-electron chi connectivity index (χ3n) is 2.67. The van der Waals surface area contributed by atoms with E-state index in [0.29, 0.717) is 6.61 Å². The number of benzene rings is 1. The molecule has 0 unspecified atom stereocenters. The van der Waals surface area contributed by atoms with Gasteiger partial charge in [0.2, 0.25) is 0 Å². The van der Waals surface area contributed by atoms with Crippen molar-refractivity contribution in [2.75, 3.05) is 6.61 Å². The molecule has 1 nitrogen and oxygen atoms in total. The lowest BCUT2D eigenvalue weighted by Gasteiger charge is -2.12. The maximum atomic E-state index is 5.50. The molecule has 0 heterocycles. The molecule has 1 aromatic carbocycles. The van der Waals surface area contributed by atoms with E-state index < -0.39 is 0 Å².